The van der Waals surface area contributed by atoms with E-state index in [1.54, 1.807) is 42.8 Å². The van der Waals surface area contributed by atoms with E-state index in [2.05, 4.69) is 5.10 Å². The molecule has 112 valence electrons. The molecular weight excluding hydrogens is 304 g/mol. The van der Waals surface area contributed by atoms with Crippen LogP contribution in [0.2, 0.25) is 0 Å². The van der Waals surface area contributed by atoms with Crippen molar-refractivity contribution in [3.05, 3.63) is 51.8 Å². The summed E-state index contributed by atoms with van der Waals surface area (Å²) >= 11 is 1.29. The number of carbonyl (C=O) groups is 1. The summed E-state index contributed by atoms with van der Waals surface area (Å²) in [6.07, 6.45) is 0. The van der Waals surface area contributed by atoms with Crippen LogP contribution < -0.4 is 10.3 Å². The van der Waals surface area contributed by atoms with Gasteiger partial charge in [-0.2, -0.15) is 9.78 Å². The lowest BCUT2D eigenvalue weighted by Gasteiger charge is -2.08. The van der Waals surface area contributed by atoms with Gasteiger partial charge in [0.15, 0.2) is 5.69 Å². The van der Waals surface area contributed by atoms with Gasteiger partial charge in [0.05, 0.1) is 30.0 Å². The molecule has 7 heteroatoms. The lowest BCUT2D eigenvalue weighted by Crippen LogP contribution is -2.24. The molecule has 3 aromatic rings. The van der Waals surface area contributed by atoms with Crippen LogP contribution in [0.3, 0.4) is 0 Å². The molecule has 0 aliphatic heterocycles. The molecule has 2 aromatic heterocycles. The van der Waals surface area contributed by atoms with Gasteiger partial charge in [-0.05, 0) is 35.7 Å². The fourth-order valence-corrected chi connectivity index (χ4v) is 2.95. The number of methoxy groups -OCH3 is 2. The van der Waals surface area contributed by atoms with Gasteiger partial charge in [0.1, 0.15) is 5.75 Å². The highest BCUT2D eigenvalue weighted by Gasteiger charge is 2.19. The van der Waals surface area contributed by atoms with Crippen molar-refractivity contribution in [3.63, 3.8) is 0 Å². The standard InChI is InChI=1S/C15H12N2O4S/c1-20-10-5-3-9(4-6-10)17-14(18)11-7-8-22-13(11)12(16-17)15(19)21-2/h3-8H,1-2H3. The number of hydrogen-bond acceptors (Lipinski definition) is 6. The number of aromatic nitrogens is 2. The molecule has 2 heterocycles. The molecule has 0 saturated carbocycles. The van der Waals surface area contributed by atoms with Gasteiger partial charge in [-0.1, -0.05) is 0 Å². The zero-order valence-electron chi connectivity index (χ0n) is 11.9. The number of fused-ring (bicyclic) bond motifs is 1. The molecule has 0 saturated heterocycles. The highest BCUT2D eigenvalue weighted by atomic mass is 32.1. The van der Waals surface area contributed by atoms with Crippen molar-refractivity contribution in [2.75, 3.05) is 14.2 Å². The molecule has 0 fully saturated rings. The van der Waals surface area contributed by atoms with Crippen LogP contribution in [-0.2, 0) is 4.74 Å². The maximum absolute atomic E-state index is 12.5. The Morgan fingerprint density at radius 2 is 1.91 bits per heavy atom. The normalized spacial score (nSPS) is 10.6. The monoisotopic (exact) mass is 316 g/mol. The first-order valence-corrected chi connectivity index (χ1v) is 7.27. The zero-order chi connectivity index (χ0) is 15.7. The summed E-state index contributed by atoms with van der Waals surface area (Å²) in [5.74, 6) is 0.0938. The highest BCUT2D eigenvalue weighted by molar-refractivity contribution is 7.17. The predicted molar refractivity (Wildman–Crippen MR) is 83.1 cm³/mol. The summed E-state index contributed by atoms with van der Waals surface area (Å²) in [5, 5.41) is 6.36. The highest BCUT2D eigenvalue weighted by Crippen LogP contribution is 2.22. The minimum Gasteiger partial charge on any atom is -0.497 e. The van der Waals surface area contributed by atoms with Gasteiger partial charge >= 0.3 is 5.97 Å². The van der Waals surface area contributed by atoms with Crippen molar-refractivity contribution in [3.8, 4) is 11.4 Å². The third-order valence-electron chi connectivity index (χ3n) is 3.20. The molecule has 0 aliphatic carbocycles. The van der Waals surface area contributed by atoms with Crippen molar-refractivity contribution in [2.45, 2.75) is 0 Å². The SMILES string of the molecule is COC(=O)c1nn(-c2ccc(OC)cc2)c(=O)c2ccsc12. The molecular formula is C15H12N2O4S. The lowest BCUT2D eigenvalue weighted by molar-refractivity contribution is 0.0594. The van der Waals surface area contributed by atoms with Gasteiger partial charge < -0.3 is 9.47 Å². The number of esters is 1. The minimum absolute atomic E-state index is 0.128. The number of nitrogens with zero attached hydrogens (tertiary/aromatic N) is 2. The molecule has 0 amide bonds. The third-order valence-corrected chi connectivity index (χ3v) is 4.12. The fourth-order valence-electron chi connectivity index (χ4n) is 2.09. The van der Waals surface area contributed by atoms with Crippen LogP contribution in [-0.4, -0.2) is 30.0 Å². The second kappa shape index (κ2) is 5.61. The summed E-state index contributed by atoms with van der Waals surface area (Å²) < 4.78 is 11.6. The van der Waals surface area contributed by atoms with E-state index in [0.717, 1.165) is 0 Å². The van der Waals surface area contributed by atoms with E-state index in [1.807, 2.05) is 0 Å². The number of benzene rings is 1. The van der Waals surface area contributed by atoms with Crippen LogP contribution in [0.5, 0.6) is 5.75 Å². The first-order valence-electron chi connectivity index (χ1n) is 6.39. The van der Waals surface area contributed by atoms with Crippen molar-refractivity contribution < 1.29 is 14.3 Å². The summed E-state index contributed by atoms with van der Waals surface area (Å²) in [5.41, 5.74) is 0.390. The van der Waals surface area contributed by atoms with E-state index < -0.39 is 5.97 Å². The van der Waals surface area contributed by atoms with Crippen molar-refractivity contribution >= 4 is 27.4 Å². The third kappa shape index (κ3) is 2.25. The average Bonchev–Trinajstić information content (AvgIpc) is 3.05. The van der Waals surface area contributed by atoms with E-state index >= 15 is 0 Å². The first-order chi connectivity index (χ1) is 10.7. The minimum atomic E-state index is -0.574. The average molecular weight is 316 g/mol. The number of thiophene rings is 1. The van der Waals surface area contributed by atoms with Gasteiger partial charge in [0, 0.05) is 0 Å². The van der Waals surface area contributed by atoms with E-state index in [-0.39, 0.29) is 11.3 Å². The Morgan fingerprint density at radius 3 is 2.55 bits per heavy atom. The van der Waals surface area contributed by atoms with Crippen molar-refractivity contribution in [1.82, 2.24) is 9.78 Å². The van der Waals surface area contributed by atoms with Crippen LogP contribution >= 0.6 is 11.3 Å². The van der Waals surface area contributed by atoms with Crippen molar-refractivity contribution in [1.29, 1.82) is 0 Å². The van der Waals surface area contributed by atoms with E-state index in [9.17, 15) is 9.59 Å². The molecule has 0 unspecified atom stereocenters. The molecule has 0 aliphatic rings. The van der Waals surface area contributed by atoms with Gasteiger partial charge in [0.25, 0.3) is 5.56 Å². The largest absolute Gasteiger partial charge is 0.497 e. The fraction of sp³-hybridized carbons (Fsp3) is 0.133. The smallest absolute Gasteiger partial charge is 0.360 e. The number of carbonyl (C=O) groups excluding carboxylic acids is 1. The molecule has 3 rings (SSSR count). The van der Waals surface area contributed by atoms with Crippen LogP contribution in [0.25, 0.3) is 15.8 Å². The topological polar surface area (TPSA) is 70.4 Å². The molecule has 22 heavy (non-hydrogen) atoms. The second-order valence-electron chi connectivity index (χ2n) is 4.42. The Morgan fingerprint density at radius 1 is 1.18 bits per heavy atom. The van der Waals surface area contributed by atoms with Gasteiger partial charge in [-0.3, -0.25) is 4.79 Å². The maximum atomic E-state index is 12.5. The molecule has 6 nitrogen and oxygen atoms in total. The summed E-state index contributed by atoms with van der Waals surface area (Å²) in [6, 6.07) is 8.52. The van der Waals surface area contributed by atoms with Crippen LogP contribution in [0.4, 0.5) is 0 Å². The Bertz CT molecular complexity index is 896. The molecule has 0 spiro atoms. The Kier molecular flexibility index (Phi) is 3.64. The predicted octanol–water partition coefficient (Wildman–Crippen LogP) is 2.24. The number of ether oxygens (including phenoxy) is 2. The molecule has 0 bridgehead atoms. The molecule has 0 N–H and O–H groups in total. The first kappa shape index (κ1) is 14.3. The summed E-state index contributed by atoms with van der Waals surface area (Å²) in [7, 11) is 2.85. The molecule has 0 radical (unpaired) electrons. The van der Waals surface area contributed by atoms with Gasteiger partial charge in [-0.15, -0.1) is 11.3 Å². The molecule has 1 aromatic carbocycles. The zero-order valence-corrected chi connectivity index (χ0v) is 12.7. The summed E-state index contributed by atoms with van der Waals surface area (Å²) in [6.45, 7) is 0. The van der Waals surface area contributed by atoms with Gasteiger partial charge in [0.2, 0.25) is 0 Å². The quantitative estimate of drug-likeness (QED) is 0.693. The Balaban J connectivity index is 2.26. The number of rotatable bonds is 3. The second-order valence-corrected chi connectivity index (χ2v) is 5.33. The van der Waals surface area contributed by atoms with Crippen LogP contribution in [0, 0.1) is 0 Å². The Hall–Kier alpha value is -2.67. The van der Waals surface area contributed by atoms with Gasteiger partial charge in [-0.25, -0.2) is 4.79 Å². The van der Waals surface area contributed by atoms with Crippen LogP contribution in [0.15, 0.2) is 40.5 Å². The van der Waals surface area contributed by atoms with E-state index in [1.165, 1.54) is 23.1 Å². The summed E-state index contributed by atoms with van der Waals surface area (Å²) in [4.78, 5) is 24.4. The number of hydrogen-bond donors (Lipinski definition) is 0. The van der Waals surface area contributed by atoms with Crippen LogP contribution in [0.1, 0.15) is 10.5 Å². The molecule has 0 atom stereocenters. The Labute approximate surface area is 129 Å². The lowest BCUT2D eigenvalue weighted by atomic mass is 10.2. The van der Waals surface area contributed by atoms with Crippen molar-refractivity contribution in [2.24, 2.45) is 0 Å². The van der Waals surface area contributed by atoms with E-state index in [4.69, 9.17) is 9.47 Å². The maximum Gasteiger partial charge on any atom is 0.360 e. The van der Waals surface area contributed by atoms with E-state index in [0.29, 0.717) is 21.5 Å².